The number of hydrogen-bond acceptors (Lipinski definition) is 1. The van der Waals surface area contributed by atoms with Crippen LogP contribution in [-0.2, 0) is 0 Å². The van der Waals surface area contributed by atoms with Crippen LogP contribution in [0.25, 0.3) is 6.08 Å². The number of methoxy groups -OCH3 is 1. The molecule has 0 saturated carbocycles. The van der Waals surface area contributed by atoms with Crippen molar-refractivity contribution in [1.29, 1.82) is 0 Å². The van der Waals surface area contributed by atoms with Crippen molar-refractivity contribution in [3.63, 3.8) is 0 Å². The summed E-state index contributed by atoms with van der Waals surface area (Å²) in [6, 6.07) is 4.11. The summed E-state index contributed by atoms with van der Waals surface area (Å²) in [5.41, 5.74) is 3.78. The van der Waals surface area contributed by atoms with Crippen LogP contribution in [0.3, 0.4) is 0 Å². The summed E-state index contributed by atoms with van der Waals surface area (Å²) in [6.45, 7) is 4.20. The molecular formula is C12H15BrO. The fourth-order valence-corrected chi connectivity index (χ4v) is 1.66. The van der Waals surface area contributed by atoms with Gasteiger partial charge < -0.3 is 4.74 Å². The molecule has 0 aromatic heterocycles. The molecule has 76 valence electrons. The monoisotopic (exact) mass is 254 g/mol. The van der Waals surface area contributed by atoms with Crippen molar-refractivity contribution in [3.8, 4) is 5.75 Å². The van der Waals surface area contributed by atoms with Crippen LogP contribution in [0.4, 0.5) is 0 Å². The molecule has 1 nitrogen and oxygen atoms in total. The van der Waals surface area contributed by atoms with E-state index in [1.807, 2.05) is 0 Å². The zero-order valence-electron chi connectivity index (χ0n) is 8.80. The van der Waals surface area contributed by atoms with Crippen molar-refractivity contribution >= 4 is 22.0 Å². The third-order valence-corrected chi connectivity index (χ3v) is 2.55. The molecule has 0 radical (unpaired) electrons. The van der Waals surface area contributed by atoms with Crippen LogP contribution in [0.2, 0.25) is 0 Å². The molecular weight excluding hydrogens is 240 g/mol. The molecule has 1 aromatic carbocycles. The summed E-state index contributed by atoms with van der Waals surface area (Å²) in [5.74, 6) is 0.927. The van der Waals surface area contributed by atoms with Crippen LogP contribution >= 0.6 is 15.9 Å². The second-order valence-electron chi connectivity index (χ2n) is 3.23. The highest BCUT2D eigenvalue weighted by Crippen LogP contribution is 2.22. The van der Waals surface area contributed by atoms with Gasteiger partial charge in [0.05, 0.1) is 7.11 Å². The maximum atomic E-state index is 5.20. The molecule has 0 fully saturated rings. The van der Waals surface area contributed by atoms with Crippen LogP contribution in [0.15, 0.2) is 18.2 Å². The van der Waals surface area contributed by atoms with Crippen LogP contribution in [0, 0.1) is 13.8 Å². The van der Waals surface area contributed by atoms with E-state index in [4.69, 9.17) is 4.74 Å². The molecule has 0 bridgehead atoms. The van der Waals surface area contributed by atoms with Gasteiger partial charge in [-0.2, -0.15) is 0 Å². The fourth-order valence-electron chi connectivity index (χ4n) is 1.48. The molecule has 0 saturated heterocycles. The highest BCUT2D eigenvalue weighted by molar-refractivity contribution is 9.09. The number of halogens is 1. The highest BCUT2D eigenvalue weighted by Gasteiger charge is 2.01. The van der Waals surface area contributed by atoms with Crippen molar-refractivity contribution in [3.05, 3.63) is 34.9 Å². The number of aryl methyl sites for hydroxylation is 2. The number of allylic oxidation sites excluding steroid dienone is 1. The normalized spacial score (nSPS) is 10.9. The van der Waals surface area contributed by atoms with E-state index in [1.165, 1.54) is 16.7 Å². The van der Waals surface area contributed by atoms with Crippen LogP contribution in [-0.4, -0.2) is 12.4 Å². The van der Waals surface area contributed by atoms with Gasteiger partial charge in [0, 0.05) is 5.33 Å². The first kappa shape index (κ1) is 11.3. The minimum Gasteiger partial charge on any atom is -0.497 e. The number of hydrogen-bond donors (Lipinski definition) is 0. The lowest BCUT2D eigenvalue weighted by Crippen LogP contribution is -1.90. The molecule has 0 N–H and O–H groups in total. The number of alkyl halides is 1. The smallest absolute Gasteiger partial charge is 0.119 e. The van der Waals surface area contributed by atoms with E-state index >= 15 is 0 Å². The first-order chi connectivity index (χ1) is 6.69. The van der Waals surface area contributed by atoms with Gasteiger partial charge in [0.2, 0.25) is 0 Å². The first-order valence-corrected chi connectivity index (χ1v) is 5.69. The van der Waals surface area contributed by atoms with E-state index in [0.29, 0.717) is 0 Å². The molecule has 1 aromatic rings. The second kappa shape index (κ2) is 5.20. The Morgan fingerprint density at radius 1 is 1.29 bits per heavy atom. The maximum absolute atomic E-state index is 5.20. The average molecular weight is 255 g/mol. The summed E-state index contributed by atoms with van der Waals surface area (Å²) in [4.78, 5) is 0. The number of benzene rings is 1. The molecule has 0 unspecified atom stereocenters. The minimum atomic E-state index is 0.887. The van der Waals surface area contributed by atoms with Gasteiger partial charge in [-0.05, 0) is 42.7 Å². The Bertz CT molecular complexity index is 319. The fraction of sp³-hybridized carbons (Fsp3) is 0.333. The van der Waals surface area contributed by atoms with Crippen molar-refractivity contribution in [2.75, 3.05) is 12.4 Å². The summed E-state index contributed by atoms with van der Waals surface area (Å²) < 4.78 is 5.20. The Labute approximate surface area is 93.9 Å². The van der Waals surface area contributed by atoms with Gasteiger partial charge in [-0.1, -0.05) is 28.1 Å². The van der Waals surface area contributed by atoms with E-state index in [0.717, 1.165) is 11.1 Å². The zero-order valence-corrected chi connectivity index (χ0v) is 10.4. The van der Waals surface area contributed by atoms with Gasteiger partial charge in [0.1, 0.15) is 5.75 Å². The molecule has 0 spiro atoms. The van der Waals surface area contributed by atoms with Crippen molar-refractivity contribution in [2.24, 2.45) is 0 Å². The summed E-state index contributed by atoms with van der Waals surface area (Å²) in [7, 11) is 1.70. The lowest BCUT2D eigenvalue weighted by molar-refractivity contribution is 0.414. The summed E-state index contributed by atoms with van der Waals surface area (Å²) in [6.07, 6.45) is 4.24. The van der Waals surface area contributed by atoms with Gasteiger partial charge >= 0.3 is 0 Å². The first-order valence-electron chi connectivity index (χ1n) is 4.56. The quantitative estimate of drug-likeness (QED) is 0.748. The Morgan fingerprint density at radius 2 is 1.86 bits per heavy atom. The van der Waals surface area contributed by atoms with E-state index in [9.17, 15) is 0 Å². The molecule has 0 aliphatic rings. The molecule has 14 heavy (non-hydrogen) atoms. The Hall–Kier alpha value is -0.760. The zero-order chi connectivity index (χ0) is 10.6. The molecule has 1 rings (SSSR count). The standard InChI is InChI=1S/C12H15BrO/c1-9-7-11(14-3)8-10(2)12(9)5-4-6-13/h4-5,7-8H,6H2,1-3H3. The Morgan fingerprint density at radius 3 is 2.29 bits per heavy atom. The second-order valence-corrected chi connectivity index (χ2v) is 3.88. The maximum Gasteiger partial charge on any atom is 0.119 e. The van der Waals surface area contributed by atoms with E-state index in [-0.39, 0.29) is 0 Å². The predicted octanol–water partition coefficient (Wildman–Crippen LogP) is 3.72. The van der Waals surface area contributed by atoms with Crippen molar-refractivity contribution in [2.45, 2.75) is 13.8 Å². The Kier molecular flexibility index (Phi) is 4.21. The van der Waals surface area contributed by atoms with E-state index < -0.39 is 0 Å². The number of ether oxygens (including phenoxy) is 1. The van der Waals surface area contributed by atoms with Gasteiger partial charge in [-0.25, -0.2) is 0 Å². The lowest BCUT2D eigenvalue weighted by Gasteiger charge is -2.08. The third-order valence-electron chi connectivity index (χ3n) is 2.18. The van der Waals surface area contributed by atoms with Gasteiger partial charge in [-0.15, -0.1) is 0 Å². The van der Waals surface area contributed by atoms with Crippen LogP contribution < -0.4 is 4.74 Å². The highest BCUT2D eigenvalue weighted by atomic mass is 79.9. The molecule has 2 heteroatoms. The molecule has 0 amide bonds. The van der Waals surface area contributed by atoms with Gasteiger partial charge in [-0.3, -0.25) is 0 Å². The summed E-state index contributed by atoms with van der Waals surface area (Å²) in [5, 5.41) is 0.887. The molecule has 0 heterocycles. The minimum absolute atomic E-state index is 0.887. The lowest BCUT2D eigenvalue weighted by atomic mass is 10.0. The van der Waals surface area contributed by atoms with Crippen molar-refractivity contribution < 1.29 is 4.74 Å². The molecule has 0 aliphatic heterocycles. The largest absolute Gasteiger partial charge is 0.497 e. The third kappa shape index (κ3) is 2.61. The van der Waals surface area contributed by atoms with Crippen molar-refractivity contribution in [1.82, 2.24) is 0 Å². The Balaban J connectivity index is 3.11. The van der Waals surface area contributed by atoms with Crippen LogP contribution in [0.1, 0.15) is 16.7 Å². The van der Waals surface area contributed by atoms with E-state index in [2.05, 4.69) is 54.1 Å². The number of rotatable bonds is 3. The SMILES string of the molecule is COc1cc(C)c(C=CCBr)c(C)c1. The predicted molar refractivity (Wildman–Crippen MR) is 65.3 cm³/mol. The van der Waals surface area contributed by atoms with Gasteiger partial charge in [0.25, 0.3) is 0 Å². The molecule has 0 aliphatic carbocycles. The van der Waals surface area contributed by atoms with E-state index in [1.54, 1.807) is 7.11 Å². The molecule has 0 atom stereocenters. The summed E-state index contributed by atoms with van der Waals surface area (Å²) >= 11 is 3.37. The average Bonchev–Trinajstić information content (AvgIpc) is 2.16. The van der Waals surface area contributed by atoms with Gasteiger partial charge in [0.15, 0.2) is 0 Å². The van der Waals surface area contributed by atoms with Crippen LogP contribution in [0.5, 0.6) is 5.75 Å². The topological polar surface area (TPSA) is 9.23 Å².